The first-order chi connectivity index (χ1) is 7.84. The molecular formula is C13H19N3. The van der Waals surface area contributed by atoms with Crippen molar-refractivity contribution >= 4 is 0 Å². The van der Waals surface area contributed by atoms with Gasteiger partial charge in [0.1, 0.15) is 5.82 Å². The van der Waals surface area contributed by atoms with E-state index in [1.165, 1.54) is 43.4 Å². The van der Waals surface area contributed by atoms with Crippen molar-refractivity contribution in [2.24, 2.45) is 5.73 Å². The van der Waals surface area contributed by atoms with Crippen LogP contribution >= 0.6 is 0 Å². The van der Waals surface area contributed by atoms with Gasteiger partial charge in [0.2, 0.25) is 0 Å². The Kier molecular flexibility index (Phi) is 2.64. The number of aryl methyl sites for hydroxylation is 1. The summed E-state index contributed by atoms with van der Waals surface area (Å²) >= 11 is 0. The molecule has 1 heterocycles. The van der Waals surface area contributed by atoms with E-state index >= 15 is 0 Å². The third-order valence-corrected chi connectivity index (χ3v) is 3.97. The summed E-state index contributed by atoms with van der Waals surface area (Å²) in [7, 11) is 0. The second-order valence-corrected chi connectivity index (χ2v) is 5.11. The molecule has 3 nitrogen and oxygen atoms in total. The van der Waals surface area contributed by atoms with Crippen LogP contribution in [0.5, 0.6) is 0 Å². The summed E-state index contributed by atoms with van der Waals surface area (Å²) in [6, 6.07) is 0.160. The zero-order valence-electron chi connectivity index (χ0n) is 9.65. The fourth-order valence-electron chi connectivity index (χ4n) is 2.63. The second kappa shape index (κ2) is 4.13. The maximum atomic E-state index is 6.14. The van der Waals surface area contributed by atoms with Crippen LogP contribution in [0.15, 0.2) is 6.20 Å². The number of fused-ring (bicyclic) bond motifs is 1. The first-order valence-electron chi connectivity index (χ1n) is 6.46. The lowest BCUT2D eigenvalue weighted by molar-refractivity contribution is 0.399. The lowest BCUT2D eigenvalue weighted by Gasteiger charge is -2.24. The van der Waals surface area contributed by atoms with Gasteiger partial charge in [-0.05, 0) is 32.1 Å². The molecule has 0 amide bonds. The van der Waals surface area contributed by atoms with Crippen LogP contribution in [0.3, 0.4) is 0 Å². The first-order valence-corrected chi connectivity index (χ1v) is 6.46. The summed E-state index contributed by atoms with van der Waals surface area (Å²) in [5.74, 6) is 1.70. The predicted octanol–water partition coefficient (Wildman–Crippen LogP) is 2.47. The molecule has 0 aromatic carbocycles. The van der Waals surface area contributed by atoms with E-state index in [-0.39, 0.29) is 6.04 Å². The van der Waals surface area contributed by atoms with Crippen molar-refractivity contribution in [1.82, 2.24) is 9.97 Å². The van der Waals surface area contributed by atoms with Gasteiger partial charge in [0.05, 0.1) is 0 Å². The molecule has 3 heteroatoms. The Morgan fingerprint density at radius 2 is 2.00 bits per heavy atom. The molecule has 1 fully saturated rings. The molecular weight excluding hydrogens is 198 g/mol. The summed E-state index contributed by atoms with van der Waals surface area (Å²) in [5.41, 5.74) is 8.56. The minimum absolute atomic E-state index is 0.160. The Morgan fingerprint density at radius 1 is 1.12 bits per heavy atom. The lowest BCUT2D eigenvalue weighted by Crippen LogP contribution is -2.17. The predicted molar refractivity (Wildman–Crippen MR) is 63.1 cm³/mol. The topological polar surface area (TPSA) is 51.8 Å². The van der Waals surface area contributed by atoms with E-state index in [9.17, 15) is 0 Å². The molecule has 3 rings (SSSR count). The molecule has 16 heavy (non-hydrogen) atoms. The Labute approximate surface area is 96.5 Å². The molecule has 1 saturated carbocycles. The summed E-state index contributed by atoms with van der Waals surface area (Å²) in [6.45, 7) is 0. The first kappa shape index (κ1) is 10.2. The van der Waals surface area contributed by atoms with Crippen molar-refractivity contribution in [1.29, 1.82) is 0 Å². The van der Waals surface area contributed by atoms with Gasteiger partial charge in [0.15, 0.2) is 0 Å². The van der Waals surface area contributed by atoms with Crippen LogP contribution in [0.4, 0.5) is 0 Å². The summed E-state index contributed by atoms with van der Waals surface area (Å²) in [6.07, 6.45) is 10.5. The van der Waals surface area contributed by atoms with Crippen LogP contribution in [0, 0.1) is 0 Å². The van der Waals surface area contributed by atoms with E-state index in [4.69, 9.17) is 10.7 Å². The van der Waals surface area contributed by atoms with E-state index in [0.717, 1.165) is 18.7 Å². The molecule has 2 N–H and O–H groups in total. The van der Waals surface area contributed by atoms with Crippen molar-refractivity contribution in [2.45, 2.75) is 56.9 Å². The highest BCUT2D eigenvalue weighted by atomic mass is 14.9. The van der Waals surface area contributed by atoms with Gasteiger partial charge in [-0.2, -0.15) is 0 Å². The highest BCUT2D eigenvalue weighted by Crippen LogP contribution is 2.35. The van der Waals surface area contributed by atoms with Gasteiger partial charge in [0, 0.05) is 29.4 Å². The number of nitrogens with two attached hydrogens (primary N) is 1. The van der Waals surface area contributed by atoms with E-state index in [1.807, 2.05) is 6.20 Å². The van der Waals surface area contributed by atoms with Crippen molar-refractivity contribution in [3.05, 3.63) is 23.3 Å². The van der Waals surface area contributed by atoms with Gasteiger partial charge in [-0.1, -0.05) is 12.8 Å². The zero-order valence-corrected chi connectivity index (χ0v) is 9.65. The molecule has 1 unspecified atom stereocenters. The number of aromatic nitrogens is 2. The highest BCUT2D eigenvalue weighted by molar-refractivity contribution is 5.24. The third kappa shape index (κ3) is 1.73. The van der Waals surface area contributed by atoms with Crippen LogP contribution in [-0.2, 0) is 6.42 Å². The molecule has 0 saturated heterocycles. The Bertz CT molecular complexity index is 385. The van der Waals surface area contributed by atoms with Crippen LogP contribution < -0.4 is 5.73 Å². The quantitative estimate of drug-likeness (QED) is 0.735. The van der Waals surface area contributed by atoms with Crippen molar-refractivity contribution in [2.75, 3.05) is 0 Å². The molecule has 2 aliphatic rings. The summed E-state index contributed by atoms with van der Waals surface area (Å²) < 4.78 is 0. The standard InChI is InChI=1S/C13H19N3/c14-11-6-1-2-7-12-10(11)8-15-13(16-12)9-4-3-5-9/h8-9,11H,1-7,14H2. The van der Waals surface area contributed by atoms with Crippen molar-refractivity contribution in [3.8, 4) is 0 Å². The monoisotopic (exact) mass is 217 g/mol. The molecule has 86 valence electrons. The molecule has 1 aromatic heterocycles. The van der Waals surface area contributed by atoms with Crippen LogP contribution in [0.25, 0.3) is 0 Å². The number of nitrogens with zero attached hydrogens (tertiary/aromatic N) is 2. The normalized spacial score (nSPS) is 25.7. The van der Waals surface area contributed by atoms with Crippen LogP contribution in [0.2, 0.25) is 0 Å². The highest BCUT2D eigenvalue weighted by Gasteiger charge is 2.24. The van der Waals surface area contributed by atoms with Crippen molar-refractivity contribution < 1.29 is 0 Å². The minimum Gasteiger partial charge on any atom is -0.324 e. The van der Waals surface area contributed by atoms with E-state index < -0.39 is 0 Å². The van der Waals surface area contributed by atoms with Crippen LogP contribution in [-0.4, -0.2) is 9.97 Å². The van der Waals surface area contributed by atoms with E-state index in [1.54, 1.807) is 0 Å². The number of hydrogen-bond donors (Lipinski definition) is 1. The average molecular weight is 217 g/mol. The molecule has 0 aliphatic heterocycles. The van der Waals surface area contributed by atoms with Crippen molar-refractivity contribution in [3.63, 3.8) is 0 Å². The fraction of sp³-hybridized carbons (Fsp3) is 0.692. The Hall–Kier alpha value is -0.960. The fourth-order valence-corrected chi connectivity index (χ4v) is 2.63. The number of rotatable bonds is 1. The molecule has 1 atom stereocenters. The third-order valence-electron chi connectivity index (χ3n) is 3.97. The van der Waals surface area contributed by atoms with E-state index in [2.05, 4.69) is 4.98 Å². The Morgan fingerprint density at radius 3 is 2.75 bits per heavy atom. The molecule has 0 spiro atoms. The zero-order chi connectivity index (χ0) is 11.0. The molecule has 0 bridgehead atoms. The SMILES string of the molecule is NC1CCCCc2nc(C3CCC3)ncc21. The maximum absolute atomic E-state index is 6.14. The van der Waals surface area contributed by atoms with Gasteiger partial charge < -0.3 is 5.73 Å². The van der Waals surface area contributed by atoms with Gasteiger partial charge in [0.25, 0.3) is 0 Å². The van der Waals surface area contributed by atoms with Gasteiger partial charge >= 0.3 is 0 Å². The van der Waals surface area contributed by atoms with Crippen LogP contribution in [0.1, 0.15) is 67.6 Å². The molecule has 1 aromatic rings. The lowest BCUT2D eigenvalue weighted by atomic mass is 9.84. The van der Waals surface area contributed by atoms with Gasteiger partial charge in [-0.15, -0.1) is 0 Å². The Balaban J connectivity index is 1.93. The molecule has 2 aliphatic carbocycles. The molecule has 0 radical (unpaired) electrons. The summed E-state index contributed by atoms with van der Waals surface area (Å²) in [4.78, 5) is 9.27. The average Bonchev–Trinajstić information content (AvgIpc) is 2.38. The van der Waals surface area contributed by atoms with E-state index in [0.29, 0.717) is 5.92 Å². The van der Waals surface area contributed by atoms with Gasteiger partial charge in [-0.3, -0.25) is 0 Å². The maximum Gasteiger partial charge on any atom is 0.131 e. The van der Waals surface area contributed by atoms with Gasteiger partial charge in [-0.25, -0.2) is 9.97 Å². The smallest absolute Gasteiger partial charge is 0.131 e. The largest absolute Gasteiger partial charge is 0.324 e. The number of hydrogen-bond acceptors (Lipinski definition) is 3. The second-order valence-electron chi connectivity index (χ2n) is 5.11. The summed E-state index contributed by atoms with van der Waals surface area (Å²) in [5, 5.41) is 0. The minimum atomic E-state index is 0.160.